The maximum atomic E-state index is 10.5. The topological polar surface area (TPSA) is 15.3 Å². The Labute approximate surface area is 379 Å². The molecule has 0 saturated carbocycles. The highest BCUT2D eigenvalue weighted by Crippen LogP contribution is 2.51. The van der Waals surface area contributed by atoms with E-state index in [0.29, 0.717) is 22.7 Å². The fraction of sp³-hybridized carbons (Fsp3) is 0.0690. The zero-order valence-electron chi connectivity index (χ0n) is 48.0. The number of nitrogens with zero attached hydrogens (tertiary/aromatic N) is 4. The third-order valence-corrected chi connectivity index (χ3v) is 12.4. The summed E-state index contributed by atoms with van der Waals surface area (Å²) in [6, 6.07) is 24.2. The number of fused-ring (bicyclic) bond motifs is 12. The van der Waals surface area contributed by atoms with E-state index in [1.54, 1.807) is 0 Å². The van der Waals surface area contributed by atoms with Gasteiger partial charge in [0.15, 0.2) is 0 Å². The van der Waals surface area contributed by atoms with E-state index in [1.165, 1.54) is 8.80 Å². The van der Waals surface area contributed by atoms with Gasteiger partial charge in [-0.1, -0.05) is 109 Å². The normalized spacial score (nSPS) is 15.4. The zero-order valence-corrected chi connectivity index (χ0v) is 34.0. The number of hydrogen-bond acceptors (Lipinski definition) is 2. The second-order valence-electron chi connectivity index (χ2n) is 16.1. The first-order valence-electron chi connectivity index (χ1n) is 27.5. The number of rotatable bonds is 6. The van der Waals surface area contributed by atoms with Gasteiger partial charge >= 0.3 is 0 Å². The van der Waals surface area contributed by atoms with Crippen molar-refractivity contribution >= 4 is 110 Å². The van der Waals surface area contributed by atoms with Crippen LogP contribution >= 0.6 is 0 Å². The molecule has 4 heterocycles. The lowest BCUT2D eigenvalue weighted by molar-refractivity contribution is 1.25. The minimum atomic E-state index is -0.563. The van der Waals surface area contributed by atoms with E-state index in [2.05, 4.69) is 0 Å². The Balaban J connectivity index is 1.30. The van der Waals surface area contributed by atoms with Gasteiger partial charge in [-0.2, -0.15) is 0 Å². The summed E-state index contributed by atoms with van der Waals surface area (Å²) < 4.78 is 139. The predicted octanol–water partition coefficient (Wildman–Crippen LogP) is 16.2. The van der Waals surface area contributed by atoms with Crippen LogP contribution in [0.5, 0.6) is 0 Å². The van der Waals surface area contributed by atoms with Crippen molar-refractivity contribution < 1.29 is 19.2 Å². The summed E-state index contributed by atoms with van der Waals surface area (Å²) in [7, 11) is 0. The molecule has 4 aromatic heterocycles. The van der Waals surface area contributed by atoms with Crippen LogP contribution in [0.3, 0.4) is 0 Å². The van der Waals surface area contributed by atoms with Crippen LogP contribution in [0, 0.1) is 27.7 Å². The molecule has 0 spiro atoms. The molecule has 0 bridgehead atoms. The molecule has 0 fully saturated rings. The van der Waals surface area contributed by atoms with Crippen molar-refractivity contribution in [3.05, 3.63) is 204 Å². The van der Waals surface area contributed by atoms with Crippen molar-refractivity contribution in [2.45, 2.75) is 27.7 Å². The Morgan fingerprint density at radius 3 is 1.24 bits per heavy atom. The molecular formula is C58H42N4. The molecule has 0 aliphatic heterocycles. The molecule has 4 nitrogen and oxygen atoms in total. The lowest BCUT2D eigenvalue weighted by Gasteiger charge is -2.28. The first-order valence-corrected chi connectivity index (χ1v) is 20.5. The SMILES string of the molecule is [2H]c1c([2H])c([2H])c2c(c1[2H])c1c(N(c3ccccc3)c3cc(C)ccc3C)c([2H])c([2H])c3c4c([2H])c5c(c([2H])c4n2c31)c1c([2H])c([2H])c(N(c2ccccc2)c2cc(C)ccc2C)c2c3c([2H])c([2H])c([2H])c([2H])c3n5c12. The first kappa shape index (κ1) is 23.8. The Hall–Kier alpha value is -7.82. The highest BCUT2D eigenvalue weighted by molar-refractivity contribution is 6.32. The smallest absolute Gasteiger partial charge is 0.0653 e. The Morgan fingerprint density at radius 1 is 0.387 bits per heavy atom. The molecule has 9 aromatic carbocycles. The van der Waals surface area contributed by atoms with Gasteiger partial charge in [0.25, 0.3) is 0 Å². The van der Waals surface area contributed by atoms with Gasteiger partial charge in [0.05, 0.1) is 63.7 Å². The van der Waals surface area contributed by atoms with Gasteiger partial charge in [0.1, 0.15) is 0 Å². The van der Waals surface area contributed by atoms with E-state index in [0.717, 1.165) is 22.3 Å². The summed E-state index contributed by atoms with van der Waals surface area (Å²) in [5, 5.41) is 0.470. The number of hydrogen-bond donors (Lipinski definition) is 0. The minimum absolute atomic E-state index is 0.0103. The number of aryl methyl sites for hydroxylation is 4. The van der Waals surface area contributed by atoms with Crippen molar-refractivity contribution in [2.24, 2.45) is 0 Å². The van der Waals surface area contributed by atoms with E-state index in [1.807, 2.05) is 135 Å². The molecule has 294 valence electrons. The van der Waals surface area contributed by atoms with E-state index < -0.39 is 48.3 Å². The summed E-state index contributed by atoms with van der Waals surface area (Å²) in [5.41, 5.74) is 6.36. The Kier molecular flexibility index (Phi) is 4.94. The molecule has 13 rings (SSSR count). The lowest BCUT2D eigenvalue weighted by Crippen LogP contribution is -2.12. The molecule has 0 aliphatic carbocycles. The molecule has 4 heteroatoms. The highest BCUT2D eigenvalue weighted by atomic mass is 15.2. The maximum Gasteiger partial charge on any atom is 0.0653 e. The summed E-state index contributed by atoms with van der Waals surface area (Å²) in [5.74, 6) is 0. The van der Waals surface area contributed by atoms with Crippen LogP contribution in [-0.4, -0.2) is 8.80 Å². The third kappa shape index (κ3) is 4.72. The summed E-state index contributed by atoms with van der Waals surface area (Å²) in [6.07, 6.45) is 0. The van der Waals surface area contributed by atoms with Gasteiger partial charge in [-0.15, -0.1) is 0 Å². The zero-order chi connectivity index (χ0) is 53.6. The second kappa shape index (κ2) is 12.8. The van der Waals surface area contributed by atoms with Crippen molar-refractivity contribution in [3.63, 3.8) is 0 Å². The number of aromatic nitrogens is 2. The number of para-hydroxylation sites is 4. The van der Waals surface area contributed by atoms with Crippen LogP contribution in [0.4, 0.5) is 34.1 Å². The Bertz CT molecular complexity index is 4440. The van der Waals surface area contributed by atoms with Crippen LogP contribution in [0.1, 0.15) is 41.4 Å². The molecule has 0 atom stereocenters. The van der Waals surface area contributed by atoms with Gasteiger partial charge in [-0.25, -0.2) is 0 Å². The van der Waals surface area contributed by atoms with E-state index in [-0.39, 0.29) is 124 Å². The first-order chi connectivity index (χ1) is 36.3. The van der Waals surface area contributed by atoms with Crippen LogP contribution in [-0.2, 0) is 0 Å². The molecule has 0 unspecified atom stereocenters. The predicted molar refractivity (Wildman–Crippen MR) is 264 cm³/mol. The van der Waals surface area contributed by atoms with Gasteiger partial charge in [0, 0.05) is 65.8 Å². The Morgan fingerprint density at radius 2 is 0.806 bits per heavy atom. The lowest BCUT2D eigenvalue weighted by atomic mass is 10.0. The second-order valence-corrected chi connectivity index (χ2v) is 16.1. The van der Waals surface area contributed by atoms with Crippen molar-refractivity contribution in [3.8, 4) is 0 Å². The molecule has 62 heavy (non-hydrogen) atoms. The minimum Gasteiger partial charge on any atom is -0.310 e. The number of benzene rings is 9. The van der Waals surface area contributed by atoms with Crippen LogP contribution in [0.15, 0.2) is 182 Å². The highest BCUT2D eigenvalue weighted by Gasteiger charge is 2.28. The quantitative estimate of drug-likeness (QED) is 0.166. The standard InChI is InChI=1S/C58H42N4/c1-35-23-25-37(3)51(31-35)59(39-15-7-5-8-16-39)49-29-27-41-45-33-54-46(34-53(45)61-47-21-13-11-19-43(47)55(49)57(41)61)42-28-30-50(56-44-20-12-14-22-48(44)62(54)58(42)56)60(40-17-9-6-10-18-40)52-32-36(2)24-26-38(52)4/h5-34H,1-4H3/i11D,12D,13D,14D,19D,20D,21D,22D,27D,28D,29D,30D,33D,34D. The molecular weight excluding hydrogens is 753 g/mol. The molecule has 0 aliphatic rings. The van der Waals surface area contributed by atoms with Gasteiger partial charge in [-0.05, 0) is 123 Å². The van der Waals surface area contributed by atoms with Crippen LogP contribution in [0.2, 0.25) is 0 Å². The fourth-order valence-corrected chi connectivity index (χ4v) is 9.59. The van der Waals surface area contributed by atoms with Crippen molar-refractivity contribution in [1.82, 2.24) is 8.80 Å². The molecule has 0 amide bonds. The van der Waals surface area contributed by atoms with Crippen LogP contribution in [0.25, 0.3) is 76.2 Å². The third-order valence-electron chi connectivity index (χ3n) is 12.4. The molecule has 0 N–H and O–H groups in total. The maximum absolute atomic E-state index is 10.5. The van der Waals surface area contributed by atoms with E-state index in [4.69, 9.17) is 5.48 Å². The van der Waals surface area contributed by atoms with Gasteiger partial charge in [0.2, 0.25) is 0 Å². The molecule has 0 radical (unpaired) electrons. The summed E-state index contributed by atoms with van der Waals surface area (Å²) in [4.78, 5) is 3.64. The fourth-order valence-electron chi connectivity index (χ4n) is 9.59. The summed E-state index contributed by atoms with van der Waals surface area (Å²) >= 11 is 0. The van der Waals surface area contributed by atoms with Crippen molar-refractivity contribution in [2.75, 3.05) is 9.80 Å². The molecule has 0 saturated heterocycles. The van der Waals surface area contributed by atoms with Crippen molar-refractivity contribution in [1.29, 1.82) is 0 Å². The molecule has 13 aromatic rings. The van der Waals surface area contributed by atoms with E-state index >= 15 is 0 Å². The summed E-state index contributed by atoms with van der Waals surface area (Å²) in [6.45, 7) is 7.70. The average Bonchev–Trinajstić information content (AvgIpc) is 4.17. The van der Waals surface area contributed by atoms with Gasteiger partial charge < -0.3 is 18.6 Å². The van der Waals surface area contributed by atoms with E-state index in [9.17, 15) is 13.7 Å². The number of anilines is 6. The average molecular weight is 809 g/mol. The van der Waals surface area contributed by atoms with Gasteiger partial charge in [-0.3, -0.25) is 0 Å². The monoisotopic (exact) mass is 808 g/mol. The van der Waals surface area contributed by atoms with Crippen LogP contribution < -0.4 is 9.80 Å². The largest absolute Gasteiger partial charge is 0.310 e.